The number of sulfonamides is 1. The van der Waals surface area contributed by atoms with E-state index in [4.69, 9.17) is 14.2 Å². The van der Waals surface area contributed by atoms with Gasteiger partial charge >= 0.3 is 0 Å². The Morgan fingerprint density at radius 2 is 1.54 bits per heavy atom. The molecule has 0 spiro atoms. The Morgan fingerprint density at radius 1 is 0.886 bits per heavy atom. The molecule has 3 aromatic rings. The molecule has 3 aromatic carbocycles. The van der Waals surface area contributed by atoms with Gasteiger partial charge in [0.05, 0.1) is 38.8 Å². The van der Waals surface area contributed by atoms with E-state index < -0.39 is 15.9 Å². The molecule has 35 heavy (non-hydrogen) atoms. The second kappa shape index (κ2) is 11.7. The van der Waals surface area contributed by atoms with Gasteiger partial charge < -0.3 is 19.5 Å². The van der Waals surface area contributed by atoms with E-state index in [0.29, 0.717) is 17.2 Å². The van der Waals surface area contributed by atoms with Crippen LogP contribution in [0.15, 0.2) is 77.7 Å². The monoisotopic (exact) mass is 498 g/mol. The Labute approximate surface area is 206 Å². The number of carbonyl (C=O) groups is 1. The molecule has 186 valence electrons. The smallest absolute Gasteiger partial charge is 0.243 e. The van der Waals surface area contributed by atoms with Crippen molar-refractivity contribution in [2.75, 3.05) is 27.9 Å². The topological polar surface area (TPSA) is 94.2 Å². The first-order valence-electron chi connectivity index (χ1n) is 11.0. The van der Waals surface area contributed by atoms with Crippen LogP contribution < -0.4 is 19.5 Å². The number of rotatable bonds is 11. The van der Waals surface area contributed by atoms with Crippen LogP contribution in [0.5, 0.6) is 17.2 Å². The summed E-state index contributed by atoms with van der Waals surface area (Å²) in [4.78, 5) is 13.1. The lowest BCUT2D eigenvalue weighted by Crippen LogP contribution is -2.41. The molecule has 0 aliphatic carbocycles. The third kappa shape index (κ3) is 6.52. The van der Waals surface area contributed by atoms with Crippen LogP contribution >= 0.6 is 0 Å². The van der Waals surface area contributed by atoms with Crippen LogP contribution in [0.2, 0.25) is 0 Å². The minimum atomic E-state index is -3.96. The third-order valence-corrected chi connectivity index (χ3v) is 7.31. The van der Waals surface area contributed by atoms with E-state index in [1.54, 1.807) is 31.4 Å². The average molecular weight is 499 g/mol. The molecule has 0 radical (unpaired) electrons. The Kier molecular flexibility index (Phi) is 8.73. The molecule has 0 heterocycles. The summed E-state index contributed by atoms with van der Waals surface area (Å²) in [6, 6.07) is 20.2. The molecule has 0 saturated heterocycles. The second-order valence-corrected chi connectivity index (χ2v) is 9.78. The van der Waals surface area contributed by atoms with Gasteiger partial charge in [0.1, 0.15) is 5.75 Å². The highest BCUT2D eigenvalue weighted by molar-refractivity contribution is 7.89. The summed E-state index contributed by atoms with van der Waals surface area (Å²) in [6.07, 6.45) is 0. The van der Waals surface area contributed by atoms with E-state index in [1.807, 2.05) is 43.3 Å². The predicted molar refractivity (Wildman–Crippen MR) is 133 cm³/mol. The minimum Gasteiger partial charge on any atom is -0.497 e. The SMILES string of the molecule is COc1ccc(S(=O)(=O)N(CC(=O)NC(C)c2ccc(OC)c(OC)c2)Cc2ccccc2)cc1. The van der Waals surface area contributed by atoms with Crippen LogP contribution in [0, 0.1) is 0 Å². The lowest BCUT2D eigenvalue weighted by atomic mass is 10.1. The summed E-state index contributed by atoms with van der Waals surface area (Å²) in [5.41, 5.74) is 1.56. The lowest BCUT2D eigenvalue weighted by Gasteiger charge is -2.23. The highest BCUT2D eigenvalue weighted by Gasteiger charge is 2.27. The van der Waals surface area contributed by atoms with Crippen LogP contribution in [0.1, 0.15) is 24.1 Å². The standard InChI is InChI=1S/C26H30N2O6S/c1-19(21-10-15-24(33-3)25(16-21)34-4)27-26(29)18-28(17-20-8-6-5-7-9-20)35(30,31)23-13-11-22(32-2)12-14-23/h5-16,19H,17-18H2,1-4H3,(H,27,29). The normalized spacial score (nSPS) is 12.1. The van der Waals surface area contributed by atoms with Gasteiger partial charge in [-0.15, -0.1) is 0 Å². The summed E-state index contributed by atoms with van der Waals surface area (Å²) in [6.45, 7) is 1.52. The Bertz CT molecular complexity index is 1230. The van der Waals surface area contributed by atoms with Gasteiger partial charge in [0.25, 0.3) is 0 Å². The number of hydrogen-bond donors (Lipinski definition) is 1. The van der Waals surface area contributed by atoms with Crippen molar-refractivity contribution in [3.8, 4) is 17.2 Å². The average Bonchev–Trinajstić information content (AvgIpc) is 2.88. The van der Waals surface area contributed by atoms with E-state index in [2.05, 4.69) is 5.32 Å². The number of amides is 1. The quantitative estimate of drug-likeness (QED) is 0.432. The fraction of sp³-hybridized carbons (Fsp3) is 0.269. The number of hydrogen-bond acceptors (Lipinski definition) is 6. The molecule has 1 amide bonds. The molecule has 1 unspecified atom stereocenters. The number of ether oxygens (including phenoxy) is 3. The molecule has 3 rings (SSSR count). The molecule has 9 heteroatoms. The number of methoxy groups -OCH3 is 3. The van der Waals surface area contributed by atoms with Crippen molar-refractivity contribution in [2.45, 2.75) is 24.4 Å². The Hall–Kier alpha value is -3.56. The lowest BCUT2D eigenvalue weighted by molar-refractivity contribution is -0.122. The van der Waals surface area contributed by atoms with Gasteiger partial charge in [0.15, 0.2) is 11.5 Å². The molecule has 1 atom stereocenters. The van der Waals surface area contributed by atoms with E-state index in [-0.39, 0.29) is 24.0 Å². The fourth-order valence-corrected chi connectivity index (χ4v) is 4.95. The maximum atomic E-state index is 13.5. The zero-order valence-corrected chi connectivity index (χ0v) is 21.0. The summed E-state index contributed by atoms with van der Waals surface area (Å²) < 4.78 is 43.8. The van der Waals surface area contributed by atoms with Crippen LogP contribution in [0.3, 0.4) is 0 Å². The van der Waals surface area contributed by atoms with Crippen LogP contribution in [-0.2, 0) is 21.4 Å². The Balaban J connectivity index is 1.82. The summed E-state index contributed by atoms with van der Waals surface area (Å²) in [7, 11) is 0.637. The van der Waals surface area contributed by atoms with Crippen LogP contribution in [0.25, 0.3) is 0 Å². The number of benzene rings is 3. The molecule has 0 fully saturated rings. The summed E-state index contributed by atoms with van der Waals surface area (Å²) >= 11 is 0. The first-order chi connectivity index (χ1) is 16.8. The first-order valence-corrected chi connectivity index (χ1v) is 12.4. The minimum absolute atomic E-state index is 0.0490. The van der Waals surface area contributed by atoms with Gasteiger partial charge in [0, 0.05) is 6.54 Å². The summed E-state index contributed by atoms with van der Waals surface area (Å²) in [5.74, 6) is 1.23. The molecule has 0 aliphatic heterocycles. The van der Waals surface area contributed by atoms with Gasteiger partial charge in [-0.3, -0.25) is 4.79 Å². The summed E-state index contributed by atoms with van der Waals surface area (Å²) in [5, 5.41) is 2.88. The molecular weight excluding hydrogens is 468 g/mol. The van der Waals surface area contributed by atoms with Crippen molar-refractivity contribution < 1.29 is 27.4 Å². The Morgan fingerprint density at radius 3 is 2.14 bits per heavy atom. The molecule has 1 N–H and O–H groups in total. The van der Waals surface area contributed by atoms with Gasteiger partial charge in [-0.25, -0.2) is 8.42 Å². The van der Waals surface area contributed by atoms with E-state index in [9.17, 15) is 13.2 Å². The third-order valence-electron chi connectivity index (χ3n) is 5.50. The number of nitrogens with one attached hydrogen (secondary N) is 1. The van der Waals surface area contributed by atoms with E-state index in [1.165, 1.54) is 30.7 Å². The fourth-order valence-electron chi connectivity index (χ4n) is 3.56. The van der Waals surface area contributed by atoms with Crippen molar-refractivity contribution in [3.63, 3.8) is 0 Å². The highest BCUT2D eigenvalue weighted by Crippen LogP contribution is 2.30. The van der Waals surface area contributed by atoms with Crippen molar-refractivity contribution in [1.82, 2.24) is 9.62 Å². The maximum absolute atomic E-state index is 13.5. The highest BCUT2D eigenvalue weighted by atomic mass is 32.2. The second-order valence-electron chi connectivity index (χ2n) is 7.84. The molecular formula is C26H30N2O6S. The molecule has 0 bridgehead atoms. The molecule has 0 aliphatic rings. The zero-order valence-electron chi connectivity index (χ0n) is 20.2. The van der Waals surface area contributed by atoms with Crippen LogP contribution in [0.4, 0.5) is 0 Å². The number of nitrogens with zero attached hydrogens (tertiary/aromatic N) is 1. The number of carbonyl (C=O) groups excluding carboxylic acids is 1. The zero-order chi connectivity index (χ0) is 25.4. The maximum Gasteiger partial charge on any atom is 0.243 e. The van der Waals surface area contributed by atoms with Crippen molar-refractivity contribution in [1.29, 1.82) is 0 Å². The van der Waals surface area contributed by atoms with Gasteiger partial charge in [-0.2, -0.15) is 4.31 Å². The van der Waals surface area contributed by atoms with Gasteiger partial charge in [-0.05, 0) is 54.4 Å². The van der Waals surface area contributed by atoms with Gasteiger partial charge in [0.2, 0.25) is 15.9 Å². The van der Waals surface area contributed by atoms with E-state index in [0.717, 1.165) is 11.1 Å². The van der Waals surface area contributed by atoms with Crippen molar-refractivity contribution in [2.24, 2.45) is 0 Å². The first kappa shape index (κ1) is 26.1. The van der Waals surface area contributed by atoms with Gasteiger partial charge in [-0.1, -0.05) is 36.4 Å². The van der Waals surface area contributed by atoms with E-state index >= 15 is 0 Å². The van der Waals surface area contributed by atoms with Crippen molar-refractivity contribution in [3.05, 3.63) is 83.9 Å². The largest absolute Gasteiger partial charge is 0.497 e. The van der Waals surface area contributed by atoms with Crippen molar-refractivity contribution >= 4 is 15.9 Å². The molecule has 0 saturated carbocycles. The molecule has 0 aromatic heterocycles. The predicted octanol–water partition coefficient (Wildman–Crippen LogP) is 3.78. The van der Waals surface area contributed by atoms with Crippen LogP contribution in [-0.4, -0.2) is 46.5 Å². The molecule has 8 nitrogen and oxygen atoms in total.